The van der Waals surface area contributed by atoms with Crippen LogP contribution >= 0.6 is 0 Å². The molecule has 0 saturated heterocycles. The summed E-state index contributed by atoms with van der Waals surface area (Å²) < 4.78 is 17.8. The summed E-state index contributed by atoms with van der Waals surface area (Å²) >= 11 is 0. The van der Waals surface area contributed by atoms with Gasteiger partial charge in [0, 0.05) is 21.5 Å². The van der Waals surface area contributed by atoms with Crippen molar-refractivity contribution in [1.29, 1.82) is 0 Å². The number of aromatic nitrogens is 2. The Hall–Kier alpha value is -5.48. The first-order valence-electron chi connectivity index (χ1n) is 16.2. The van der Waals surface area contributed by atoms with E-state index < -0.39 is 0 Å². The topological polar surface area (TPSA) is 28.3 Å². The van der Waals surface area contributed by atoms with E-state index in [2.05, 4.69) is 134 Å². The molecule has 0 amide bonds. The first-order valence-corrected chi connectivity index (χ1v) is 16.2. The third-order valence-electron chi connectivity index (χ3n) is 10.0. The van der Waals surface area contributed by atoms with Crippen LogP contribution in [0.2, 0.25) is 0 Å². The van der Waals surface area contributed by atoms with Gasteiger partial charge in [0.05, 0.1) is 33.4 Å². The number of benzene rings is 6. The summed E-state index contributed by atoms with van der Waals surface area (Å²) in [5, 5.41) is 4.90. The summed E-state index contributed by atoms with van der Waals surface area (Å²) in [6.45, 7) is 8.97. The Kier molecular flexibility index (Phi) is 5.07. The standard InChI is InChI=1S/C42H32N2O2/c1-23(2)25-12-17-36-39(21-25)46-40-22-28(24(3)4)20-32-31-19-27(14-16-34(31)44(36)42(32)40)26-13-15-33-30(18-26)29-8-7-11-38-41(29)43(33)35-9-5-6-10-37(35)45-38/h5-24H,1-4H3. The zero-order valence-electron chi connectivity index (χ0n) is 26.3. The van der Waals surface area contributed by atoms with Crippen LogP contribution in [0.3, 0.4) is 0 Å². The summed E-state index contributed by atoms with van der Waals surface area (Å²) in [5.74, 6) is 4.45. The zero-order valence-corrected chi connectivity index (χ0v) is 26.3. The van der Waals surface area contributed by atoms with Crippen molar-refractivity contribution in [3.05, 3.63) is 120 Å². The van der Waals surface area contributed by atoms with Crippen molar-refractivity contribution in [3.63, 3.8) is 0 Å². The van der Waals surface area contributed by atoms with Gasteiger partial charge in [0.25, 0.3) is 0 Å². The first-order chi connectivity index (χ1) is 22.4. The Morgan fingerprint density at radius 1 is 0.435 bits per heavy atom. The molecule has 0 aliphatic carbocycles. The van der Waals surface area contributed by atoms with Gasteiger partial charge in [-0.15, -0.1) is 0 Å². The predicted octanol–water partition coefficient (Wildman–Crippen LogP) is 12.0. The Morgan fingerprint density at radius 2 is 1.04 bits per heavy atom. The summed E-state index contributed by atoms with van der Waals surface area (Å²) in [7, 11) is 0. The van der Waals surface area contributed by atoms with Gasteiger partial charge in [-0.1, -0.05) is 70.2 Å². The fourth-order valence-corrected chi connectivity index (χ4v) is 7.64. The maximum absolute atomic E-state index is 6.68. The van der Waals surface area contributed by atoms with Crippen LogP contribution in [-0.2, 0) is 0 Å². The van der Waals surface area contributed by atoms with Gasteiger partial charge in [0.15, 0.2) is 23.0 Å². The van der Waals surface area contributed by atoms with E-state index in [-0.39, 0.29) is 0 Å². The molecule has 4 heteroatoms. The Labute approximate surface area is 267 Å². The van der Waals surface area contributed by atoms with Crippen molar-refractivity contribution in [3.8, 4) is 45.5 Å². The fraction of sp³-hybridized carbons (Fsp3) is 0.143. The summed E-state index contributed by atoms with van der Waals surface area (Å²) in [6.07, 6.45) is 0. The molecule has 2 aromatic heterocycles. The van der Waals surface area contributed by atoms with E-state index in [4.69, 9.17) is 9.47 Å². The molecule has 222 valence electrons. The highest BCUT2D eigenvalue weighted by Crippen LogP contribution is 2.49. The molecule has 2 aliphatic rings. The molecule has 0 N–H and O–H groups in total. The number of hydrogen-bond acceptors (Lipinski definition) is 2. The minimum absolute atomic E-state index is 0.385. The lowest BCUT2D eigenvalue weighted by Crippen LogP contribution is -2.06. The van der Waals surface area contributed by atoms with Crippen LogP contribution < -0.4 is 9.47 Å². The van der Waals surface area contributed by atoms with Crippen LogP contribution in [0.15, 0.2) is 109 Å². The van der Waals surface area contributed by atoms with E-state index in [0.717, 1.165) is 45.4 Å². The Bertz CT molecular complexity index is 2600. The average molecular weight is 597 g/mol. The monoisotopic (exact) mass is 596 g/mol. The third-order valence-corrected chi connectivity index (χ3v) is 10.0. The number of nitrogens with zero attached hydrogens (tertiary/aromatic N) is 2. The molecule has 8 aromatic rings. The smallest absolute Gasteiger partial charge is 0.152 e. The summed E-state index contributed by atoms with van der Waals surface area (Å²) in [5.41, 5.74) is 11.8. The number of para-hydroxylation sites is 3. The van der Waals surface area contributed by atoms with Crippen molar-refractivity contribution in [2.75, 3.05) is 0 Å². The van der Waals surface area contributed by atoms with Crippen LogP contribution in [0, 0.1) is 0 Å². The van der Waals surface area contributed by atoms with E-state index in [9.17, 15) is 0 Å². The van der Waals surface area contributed by atoms with Crippen LogP contribution in [0.1, 0.15) is 50.7 Å². The molecule has 46 heavy (non-hydrogen) atoms. The van der Waals surface area contributed by atoms with Gasteiger partial charge in [-0.3, -0.25) is 0 Å². The molecule has 0 unspecified atom stereocenters. The normalized spacial score (nSPS) is 13.1. The molecular weight excluding hydrogens is 564 g/mol. The van der Waals surface area contributed by atoms with E-state index >= 15 is 0 Å². The van der Waals surface area contributed by atoms with E-state index in [1.165, 1.54) is 54.8 Å². The number of rotatable bonds is 3. The van der Waals surface area contributed by atoms with Crippen LogP contribution in [-0.4, -0.2) is 9.13 Å². The van der Waals surface area contributed by atoms with Crippen LogP contribution in [0.25, 0.3) is 66.1 Å². The average Bonchev–Trinajstić information content (AvgIpc) is 3.59. The minimum Gasteiger partial charge on any atom is -0.453 e. The fourth-order valence-electron chi connectivity index (χ4n) is 7.64. The van der Waals surface area contributed by atoms with Crippen molar-refractivity contribution in [2.45, 2.75) is 39.5 Å². The van der Waals surface area contributed by atoms with Crippen molar-refractivity contribution in [2.24, 2.45) is 0 Å². The van der Waals surface area contributed by atoms with E-state index in [1.54, 1.807) is 0 Å². The predicted molar refractivity (Wildman–Crippen MR) is 189 cm³/mol. The molecule has 4 nitrogen and oxygen atoms in total. The maximum atomic E-state index is 6.68. The second-order valence-electron chi connectivity index (χ2n) is 13.4. The molecule has 0 saturated carbocycles. The molecule has 0 bridgehead atoms. The van der Waals surface area contributed by atoms with E-state index in [1.807, 2.05) is 12.1 Å². The van der Waals surface area contributed by atoms with Crippen molar-refractivity contribution in [1.82, 2.24) is 9.13 Å². The van der Waals surface area contributed by atoms with Crippen molar-refractivity contribution >= 4 is 43.6 Å². The molecule has 0 fully saturated rings. The van der Waals surface area contributed by atoms with Gasteiger partial charge in [-0.25, -0.2) is 0 Å². The third kappa shape index (κ3) is 3.39. The second-order valence-corrected chi connectivity index (χ2v) is 13.4. The molecule has 2 aliphatic heterocycles. The minimum atomic E-state index is 0.385. The molecular formula is C42H32N2O2. The van der Waals surface area contributed by atoms with Crippen molar-refractivity contribution < 1.29 is 9.47 Å². The Balaban J connectivity index is 1.21. The molecule has 0 atom stereocenters. The summed E-state index contributed by atoms with van der Waals surface area (Å²) in [4.78, 5) is 0. The van der Waals surface area contributed by atoms with Gasteiger partial charge < -0.3 is 18.6 Å². The first kappa shape index (κ1) is 25.8. The van der Waals surface area contributed by atoms with Gasteiger partial charge in [0.1, 0.15) is 0 Å². The molecule has 4 heterocycles. The number of fused-ring (bicyclic) bond motifs is 10. The lowest BCUT2D eigenvalue weighted by Gasteiger charge is -2.23. The molecule has 10 rings (SSSR count). The summed E-state index contributed by atoms with van der Waals surface area (Å²) in [6, 6.07) is 39.8. The Morgan fingerprint density at radius 3 is 1.78 bits per heavy atom. The molecule has 0 spiro atoms. The maximum Gasteiger partial charge on any atom is 0.152 e. The van der Waals surface area contributed by atoms with Gasteiger partial charge >= 0.3 is 0 Å². The second kappa shape index (κ2) is 9.04. The quantitative estimate of drug-likeness (QED) is 0.203. The largest absolute Gasteiger partial charge is 0.453 e. The highest BCUT2D eigenvalue weighted by molar-refractivity contribution is 6.15. The van der Waals surface area contributed by atoms with E-state index in [0.29, 0.717) is 11.8 Å². The highest BCUT2D eigenvalue weighted by Gasteiger charge is 2.27. The number of ether oxygens (including phenoxy) is 2. The molecule has 0 radical (unpaired) electrons. The highest BCUT2D eigenvalue weighted by atomic mass is 16.5. The molecule has 6 aromatic carbocycles. The van der Waals surface area contributed by atoms with Gasteiger partial charge in [0.2, 0.25) is 0 Å². The van der Waals surface area contributed by atoms with Gasteiger partial charge in [-0.2, -0.15) is 0 Å². The number of hydrogen-bond donors (Lipinski definition) is 0. The van der Waals surface area contributed by atoms with Crippen LogP contribution in [0.5, 0.6) is 23.0 Å². The lowest BCUT2D eigenvalue weighted by atomic mass is 9.98. The zero-order chi connectivity index (χ0) is 30.8. The SMILES string of the molecule is CC(C)c1ccc2c(c1)Oc1cc(C(C)C)cc3c4cc(-c5ccc6c(c5)c5cccc7c5n6-c5ccccc5O7)ccc4n-2c13. The van der Waals surface area contributed by atoms with Crippen LogP contribution in [0.4, 0.5) is 0 Å². The lowest BCUT2D eigenvalue weighted by molar-refractivity contribution is 0.474. The van der Waals surface area contributed by atoms with Gasteiger partial charge in [-0.05, 0) is 101 Å².